The van der Waals surface area contributed by atoms with Gasteiger partial charge in [0.1, 0.15) is 10.4 Å². The van der Waals surface area contributed by atoms with E-state index in [0.717, 1.165) is 12.8 Å². The number of hydrogen-bond donors (Lipinski definition) is 2. The molecule has 0 radical (unpaired) electrons. The van der Waals surface area contributed by atoms with Gasteiger partial charge in [0.05, 0.1) is 6.54 Å². The monoisotopic (exact) mass is 301 g/mol. The van der Waals surface area contributed by atoms with Crippen LogP contribution in [0.5, 0.6) is 0 Å². The summed E-state index contributed by atoms with van der Waals surface area (Å²) in [6, 6.07) is 1.60. The molecule has 0 atom stereocenters. The number of halogens is 1. The van der Waals surface area contributed by atoms with Crippen molar-refractivity contribution in [2.75, 3.05) is 23.7 Å². The second-order valence-electron chi connectivity index (χ2n) is 3.66. The van der Waals surface area contributed by atoms with Gasteiger partial charge in [0.2, 0.25) is 11.9 Å². The summed E-state index contributed by atoms with van der Waals surface area (Å²) in [5.74, 6) is 0.361. The van der Waals surface area contributed by atoms with Crippen molar-refractivity contribution in [2.45, 2.75) is 19.8 Å². The van der Waals surface area contributed by atoms with Crippen LogP contribution in [0.2, 0.25) is 0 Å². The van der Waals surface area contributed by atoms with Crippen LogP contribution >= 0.6 is 15.9 Å². The minimum atomic E-state index is -0.414. The summed E-state index contributed by atoms with van der Waals surface area (Å²) in [5.41, 5.74) is 10.8. The minimum Gasteiger partial charge on any atom is -0.383 e. The molecular formula is C10H16BrN5O. The van der Waals surface area contributed by atoms with Crippen molar-refractivity contribution in [3.05, 3.63) is 10.7 Å². The molecule has 0 unspecified atom stereocenters. The molecule has 0 fully saturated rings. The number of amides is 1. The number of nitrogens with two attached hydrogens (primary N) is 2. The van der Waals surface area contributed by atoms with Gasteiger partial charge in [-0.3, -0.25) is 4.79 Å². The zero-order valence-corrected chi connectivity index (χ0v) is 11.3. The molecule has 6 nitrogen and oxygen atoms in total. The van der Waals surface area contributed by atoms with Crippen LogP contribution in [0.1, 0.15) is 19.8 Å². The van der Waals surface area contributed by atoms with Gasteiger partial charge in [0.15, 0.2) is 0 Å². The summed E-state index contributed by atoms with van der Waals surface area (Å²) in [6.45, 7) is 2.84. The number of primary amides is 1. The lowest BCUT2D eigenvalue weighted by molar-refractivity contribution is -0.116. The predicted octanol–water partition coefficient (Wildman–Crippen LogP) is 0.913. The fraction of sp³-hybridized carbons (Fsp3) is 0.500. The highest BCUT2D eigenvalue weighted by atomic mass is 79.9. The molecule has 94 valence electrons. The quantitative estimate of drug-likeness (QED) is 0.761. The van der Waals surface area contributed by atoms with Crippen LogP contribution in [0.4, 0.5) is 11.8 Å². The Bertz CT molecular complexity index is 378. The van der Waals surface area contributed by atoms with Gasteiger partial charge in [0.25, 0.3) is 0 Å². The van der Waals surface area contributed by atoms with Gasteiger partial charge < -0.3 is 16.4 Å². The van der Waals surface area contributed by atoms with Crippen molar-refractivity contribution < 1.29 is 4.79 Å². The van der Waals surface area contributed by atoms with Crippen molar-refractivity contribution in [1.82, 2.24) is 9.97 Å². The minimum absolute atomic E-state index is 0.0931. The number of hydrogen-bond acceptors (Lipinski definition) is 5. The molecule has 0 saturated heterocycles. The van der Waals surface area contributed by atoms with Crippen molar-refractivity contribution >= 4 is 33.6 Å². The maximum absolute atomic E-state index is 11.0. The molecule has 0 aliphatic rings. The van der Waals surface area contributed by atoms with E-state index in [9.17, 15) is 4.79 Å². The highest BCUT2D eigenvalue weighted by Crippen LogP contribution is 2.16. The smallest absolute Gasteiger partial charge is 0.237 e. The molecule has 4 N–H and O–H groups in total. The lowest BCUT2D eigenvalue weighted by Crippen LogP contribution is -2.35. The predicted molar refractivity (Wildman–Crippen MR) is 70.5 cm³/mol. The van der Waals surface area contributed by atoms with Gasteiger partial charge in [-0.2, -0.15) is 4.98 Å². The second-order valence-corrected chi connectivity index (χ2v) is 4.47. The molecule has 1 heterocycles. The van der Waals surface area contributed by atoms with E-state index in [1.54, 1.807) is 11.0 Å². The summed E-state index contributed by atoms with van der Waals surface area (Å²) in [6.07, 6.45) is 1.95. The van der Waals surface area contributed by atoms with Gasteiger partial charge >= 0.3 is 0 Å². The molecule has 0 saturated carbocycles. The van der Waals surface area contributed by atoms with Crippen molar-refractivity contribution in [1.29, 1.82) is 0 Å². The molecule has 0 aromatic carbocycles. The maximum Gasteiger partial charge on any atom is 0.237 e. The first-order valence-corrected chi connectivity index (χ1v) is 6.15. The van der Waals surface area contributed by atoms with E-state index in [-0.39, 0.29) is 6.54 Å². The first kappa shape index (κ1) is 13.7. The topological polar surface area (TPSA) is 98.1 Å². The van der Waals surface area contributed by atoms with Crippen LogP contribution in [0.25, 0.3) is 0 Å². The third kappa shape index (κ3) is 4.56. The van der Waals surface area contributed by atoms with Gasteiger partial charge in [-0.25, -0.2) is 4.98 Å². The third-order valence-corrected chi connectivity index (χ3v) is 2.52. The average Bonchev–Trinajstić information content (AvgIpc) is 2.22. The summed E-state index contributed by atoms with van der Waals surface area (Å²) in [4.78, 5) is 21.0. The molecular weight excluding hydrogens is 286 g/mol. The number of nitrogens with zero attached hydrogens (tertiary/aromatic N) is 3. The summed E-state index contributed by atoms with van der Waals surface area (Å²) < 4.78 is 0.589. The van der Waals surface area contributed by atoms with Crippen LogP contribution in [0, 0.1) is 0 Å². The van der Waals surface area contributed by atoms with E-state index in [2.05, 4.69) is 32.8 Å². The third-order valence-electron chi connectivity index (χ3n) is 2.11. The number of rotatable bonds is 6. The standard InChI is InChI=1S/C10H16BrN5O/c1-2-3-4-16(6-9(13)17)10-14-7(11)5-8(12)15-10/h5H,2-4,6H2,1H3,(H2,13,17)(H2,12,14,15). The molecule has 0 bridgehead atoms. The first-order valence-electron chi connectivity index (χ1n) is 5.36. The molecule has 1 amide bonds. The largest absolute Gasteiger partial charge is 0.383 e. The summed E-state index contributed by atoms with van der Waals surface area (Å²) >= 11 is 3.24. The average molecular weight is 302 g/mol. The molecule has 0 spiro atoms. The normalized spacial score (nSPS) is 10.2. The Morgan fingerprint density at radius 1 is 1.53 bits per heavy atom. The van der Waals surface area contributed by atoms with Crippen molar-refractivity contribution in [3.8, 4) is 0 Å². The van der Waals surface area contributed by atoms with E-state index < -0.39 is 5.91 Å². The van der Waals surface area contributed by atoms with E-state index in [0.29, 0.717) is 22.9 Å². The Hall–Kier alpha value is -1.37. The molecule has 17 heavy (non-hydrogen) atoms. The highest BCUT2D eigenvalue weighted by molar-refractivity contribution is 9.10. The summed E-state index contributed by atoms with van der Waals surface area (Å²) in [5, 5.41) is 0. The fourth-order valence-electron chi connectivity index (χ4n) is 1.35. The lowest BCUT2D eigenvalue weighted by atomic mass is 10.3. The maximum atomic E-state index is 11.0. The van der Waals surface area contributed by atoms with Gasteiger partial charge in [-0.15, -0.1) is 0 Å². The SMILES string of the molecule is CCCCN(CC(N)=O)c1nc(N)cc(Br)n1. The highest BCUT2D eigenvalue weighted by Gasteiger charge is 2.13. The van der Waals surface area contributed by atoms with Gasteiger partial charge in [-0.05, 0) is 22.4 Å². The van der Waals surface area contributed by atoms with Crippen LogP contribution in [-0.2, 0) is 4.79 Å². The first-order chi connectivity index (χ1) is 8.02. The molecule has 1 aromatic rings. The number of carbonyl (C=O) groups excluding carboxylic acids is 1. The zero-order chi connectivity index (χ0) is 12.8. The number of carbonyl (C=O) groups is 1. The number of nitrogen functional groups attached to an aromatic ring is 1. The van der Waals surface area contributed by atoms with E-state index in [4.69, 9.17) is 11.5 Å². The molecule has 0 aliphatic carbocycles. The lowest BCUT2D eigenvalue weighted by Gasteiger charge is -2.20. The number of unbranched alkanes of at least 4 members (excludes halogenated alkanes) is 1. The Kier molecular flexibility index (Phi) is 5.14. The van der Waals surface area contributed by atoms with Crippen LogP contribution in [0.15, 0.2) is 10.7 Å². The Balaban J connectivity index is 2.90. The van der Waals surface area contributed by atoms with Gasteiger partial charge in [-0.1, -0.05) is 13.3 Å². The molecule has 1 rings (SSSR count). The van der Waals surface area contributed by atoms with Gasteiger partial charge in [0, 0.05) is 12.6 Å². The van der Waals surface area contributed by atoms with E-state index in [1.807, 2.05) is 0 Å². The fourth-order valence-corrected chi connectivity index (χ4v) is 1.74. The van der Waals surface area contributed by atoms with Crippen LogP contribution in [0.3, 0.4) is 0 Å². The zero-order valence-electron chi connectivity index (χ0n) is 9.69. The van der Waals surface area contributed by atoms with Crippen LogP contribution in [-0.4, -0.2) is 29.0 Å². The molecule has 0 aliphatic heterocycles. The van der Waals surface area contributed by atoms with Crippen molar-refractivity contribution in [2.24, 2.45) is 5.73 Å². The number of anilines is 2. The molecule has 7 heteroatoms. The van der Waals surface area contributed by atoms with Crippen LogP contribution < -0.4 is 16.4 Å². The van der Waals surface area contributed by atoms with E-state index in [1.165, 1.54) is 0 Å². The van der Waals surface area contributed by atoms with E-state index >= 15 is 0 Å². The van der Waals surface area contributed by atoms with Crippen molar-refractivity contribution in [3.63, 3.8) is 0 Å². The second kappa shape index (κ2) is 6.39. The molecule has 1 aromatic heterocycles. The Labute approximate surface area is 109 Å². The summed E-state index contributed by atoms with van der Waals surface area (Å²) in [7, 11) is 0. The Morgan fingerprint density at radius 2 is 2.24 bits per heavy atom. The Morgan fingerprint density at radius 3 is 2.76 bits per heavy atom. The number of aromatic nitrogens is 2.